The molecule has 1 heterocycles. The van der Waals surface area contributed by atoms with Gasteiger partial charge in [-0.1, -0.05) is 17.7 Å². The molecule has 0 aliphatic heterocycles. The Balaban J connectivity index is 2.02. The van der Waals surface area contributed by atoms with Crippen molar-refractivity contribution in [3.8, 4) is 0 Å². The first kappa shape index (κ1) is 11.9. The predicted octanol–water partition coefficient (Wildman–Crippen LogP) is 2.81. The monoisotopic (exact) mass is 247 g/mol. The van der Waals surface area contributed by atoms with Crippen molar-refractivity contribution in [1.29, 1.82) is 0 Å². The zero-order chi connectivity index (χ0) is 12.1. The van der Waals surface area contributed by atoms with E-state index < -0.39 is 0 Å². The number of nitrogens with one attached hydrogen (secondary N) is 1. The smallest absolute Gasteiger partial charge is 0.0597 e. The largest absolute Gasteiger partial charge is 0.379 e. The number of halogens is 1. The van der Waals surface area contributed by atoms with Gasteiger partial charge in [0.2, 0.25) is 0 Å². The number of benzene rings is 1. The quantitative estimate of drug-likeness (QED) is 0.874. The van der Waals surface area contributed by atoms with Crippen molar-refractivity contribution >= 4 is 17.3 Å². The maximum Gasteiger partial charge on any atom is 0.0597 e. The van der Waals surface area contributed by atoms with Crippen molar-refractivity contribution in [2.75, 3.05) is 5.32 Å². The average Bonchev–Trinajstić information content (AvgIpc) is 2.37. The second-order valence-corrected chi connectivity index (χ2v) is 4.16. The fourth-order valence-electron chi connectivity index (χ4n) is 1.54. The Hall–Kier alpha value is -1.58. The van der Waals surface area contributed by atoms with E-state index in [2.05, 4.69) is 10.3 Å². The number of pyridine rings is 1. The number of rotatable bonds is 4. The molecule has 0 saturated carbocycles. The lowest BCUT2D eigenvalue weighted by atomic mass is 10.2. The van der Waals surface area contributed by atoms with Crippen molar-refractivity contribution in [2.24, 2.45) is 5.73 Å². The summed E-state index contributed by atoms with van der Waals surface area (Å²) in [5.74, 6) is 0. The van der Waals surface area contributed by atoms with Crippen molar-refractivity contribution in [2.45, 2.75) is 13.1 Å². The Labute approximate surface area is 106 Å². The van der Waals surface area contributed by atoms with Gasteiger partial charge in [0.15, 0.2) is 0 Å². The topological polar surface area (TPSA) is 50.9 Å². The molecule has 17 heavy (non-hydrogen) atoms. The molecule has 0 bridgehead atoms. The lowest BCUT2D eigenvalue weighted by Gasteiger charge is -2.07. The fraction of sp³-hybridized carbons (Fsp3) is 0.154. The summed E-state index contributed by atoms with van der Waals surface area (Å²) in [6.07, 6.45) is 1.77. The van der Waals surface area contributed by atoms with E-state index in [9.17, 15) is 0 Å². The second-order valence-electron chi connectivity index (χ2n) is 3.72. The standard InChI is InChI=1S/C13H14ClN3/c14-11-2-1-3-12(7-11)17-9-13-6-10(8-15)4-5-16-13/h1-7,17H,8-9,15H2. The third-order valence-corrected chi connectivity index (χ3v) is 2.65. The van der Waals surface area contributed by atoms with Gasteiger partial charge < -0.3 is 11.1 Å². The first-order chi connectivity index (χ1) is 8.28. The number of anilines is 1. The number of hydrogen-bond acceptors (Lipinski definition) is 3. The van der Waals surface area contributed by atoms with Crippen molar-refractivity contribution in [3.05, 3.63) is 58.9 Å². The van der Waals surface area contributed by atoms with E-state index in [4.69, 9.17) is 17.3 Å². The van der Waals surface area contributed by atoms with Crippen LogP contribution < -0.4 is 11.1 Å². The molecule has 0 aliphatic carbocycles. The summed E-state index contributed by atoms with van der Waals surface area (Å²) in [6, 6.07) is 11.5. The van der Waals surface area contributed by atoms with E-state index in [-0.39, 0.29) is 0 Å². The first-order valence-corrected chi connectivity index (χ1v) is 5.79. The van der Waals surface area contributed by atoms with Gasteiger partial charge >= 0.3 is 0 Å². The third-order valence-electron chi connectivity index (χ3n) is 2.41. The van der Waals surface area contributed by atoms with Crippen molar-refractivity contribution in [1.82, 2.24) is 4.98 Å². The summed E-state index contributed by atoms with van der Waals surface area (Å²) >= 11 is 5.90. The number of hydrogen-bond donors (Lipinski definition) is 2. The van der Waals surface area contributed by atoms with Crippen molar-refractivity contribution < 1.29 is 0 Å². The molecule has 0 fully saturated rings. The Kier molecular flexibility index (Phi) is 3.96. The molecule has 2 aromatic rings. The zero-order valence-corrected chi connectivity index (χ0v) is 10.1. The summed E-state index contributed by atoms with van der Waals surface area (Å²) in [4.78, 5) is 4.27. The highest BCUT2D eigenvalue weighted by Crippen LogP contribution is 2.15. The van der Waals surface area contributed by atoms with E-state index in [1.807, 2.05) is 36.4 Å². The maximum absolute atomic E-state index is 5.90. The molecule has 0 unspecified atom stereocenters. The van der Waals surface area contributed by atoms with Gasteiger partial charge in [-0.15, -0.1) is 0 Å². The van der Waals surface area contributed by atoms with Crippen LogP contribution in [0.1, 0.15) is 11.3 Å². The molecule has 0 radical (unpaired) electrons. The highest BCUT2D eigenvalue weighted by atomic mass is 35.5. The minimum Gasteiger partial charge on any atom is -0.379 e. The van der Waals surface area contributed by atoms with Crippen LogP contribution in [0.5, 0.6) is 0 Å². The Bertz CT molecular complexity index is 500. The second kappa shape index (κ2) is 5.66. The number of aromatic nitrogens is 1. The zero-order valence-electron chi connectivity index (χ0n) is 9.36. The van der Waals surface area contributed by atoms with Crippen LogP contribution >= 0.6 is 11.6 Å². The Morgan fingerprint density at radius 2 is 2.12 bits per heavy atom. The predicted molar refractivity (Wildman–Crippen MR) is 70.9 cm³/mol. The summed E-state index contributed by atoms with van der Waals surface area (Å²) in [5.41, 5.74) is 8.62. The summed E-state index contributed by atoms with van der Waals surface area (Å²) in [6.45, 7) is 1.20. The minimum absolute atomic E-state index is 0.534. The molecule has 3 nitrogen and oxygen atoms in total. The first-order valence-electron chi connectivity index (χ1n) is 5.41. The van der Waals surface area contributed by atoms with Gasteiger partial charge in [0.25, 0.3) is 0 Å². The molecule has 1 aromatic heterocycles. The molecule has 0 saturated heterocycles. The van der Waals surface area contributed by atoms with Crippen LogP contribution in [0.4, 0.5) is 5.69 Å². The average molecular weight is 248 g/mol. The van der Waals surface area contributed by atoms with Gasteiger partial charge in [0, 0.05) is 23.5 Å². The number of nitrogens with zero attached hydrogens (tertiary/aromatic N) is 1. The van der Waals surface area contributed by atoms with Crippen LogP contribution in [0.15, 0.2) is 42.6 Å². The Morgan fingerprint density at radius 3 is 2.88 bits per heavy atom. The summed E-state index contributed by atoms with van der Waals surface area (Å²) < 4.78 is 0. The Morgan fingerprint density at radius 1 is 1.24 bits per heavy atom. The molecule has 0 spiro atoms. The molecule has 1 aromatic carbocycles. The van der Waals surface area contributed by atoms with Crippen LogP contribution in [-0.4, -0.2) is 4.98 Å². The van der Waals surface area contributed by atoms with Gasteiger partial charge in [-0.2, -0.15) is 0 Å². The van der Waals surface area contributed by atoms with E-state index in [1.54, 1.807) is 6.20 Å². The van der Waals surface area contributed by atoms with Gasteiger partial charge in [0.05, 0.1) is 12.2 Å². The highest BCUT2D eigenvalue weighted by Gasteiger charge is 1.97. The van der Waals surface area contributed by atoms with Crippen LogP contribution in [0.25, 0.3) is 0 Å². The fourth-order valence-corrected chi connectivity index (χ4v) is 1.73. The SMILES string of the molecule is NCc1ccnc(CNc2cccc(Cl)c2)c1. The number of nitrogens with two attached hydrogens (primary N) is 1. The molecular formula is C13H14ClN3. The highest BCUT2D eigenvalue weighted by molar-refractivity contribution is 6.30. The lowest BCUT2D eigenvalue weighted by molar-refractivity contribution is 0.997. The summed E-state index contributed by atoms with van der Waals surface area (Å²) in [5, 5.41) is 3.99. The van der Waals surface area contributed by atoms with Crippen LogP contribution in [-0.2, 0) is 13.1 Å². The molecule has 0 amide bonds. The maximum atomic E-state index is 5.90. The van der Waals surface area contributed by atoms with Crippen LogP contribution in [0.2, 0.25) is 5.02 Å². The molecular weight excluding hydrogens is 234 g/mol. The normalized spacial score (nSPS) is 10.2. The third kappa shape index (κ3) is 3.44. The van der Waals surface area contributed by atoms with Gasteiger partial charge in [0.1, 0.15) is 0 Å². The van der Waals surface area contributed by atoms with Gasteiger partial charge in [-0.3, -0.25) is 4.98 Å². The molecule has 3 N–H and O–H groups in total. The van der Waals surface area contributed by atoms with E-state index in [0.29, 0.717) is 13.1 Å². The lowest BCUT2D eigenvalue weighted by Crippen LogP contribution is -2.04. The van der Waals surface area contributed by atoms with E-state index in [0.717, 1.165) is 22.0 Å². The molecule has 0 aliphatic rings. The van der Waals surface area contributed by atoms with Crippen molar-refractivity contribution in [3.63, 3.8) is 0 Å². The molecule has 88 valence electrons. The molecule has 4 heteroatoms. The van der Waals surface area contributed by atoms with Crippen LogP contribution in [0.3, 0.4) is 0 Å². The molecule has 2 rings (SSSR count). The van der Waals surface area contributed by atoms with Gasteiger partial charge in [-0.25, -0.2) is 0 Å². The van der Waals surface area contributed by atoms with E-state index in [1.165, 1.54) is 0 Å². The molecule has 0 atom stereocenters. The summed E-state index contributed by atoms with van der Waals surface area (Å²) in [7, 11) is 0. The van der Waals surface area contributed by atoms with E-state index >= 15 is 0 Å². The minimum atomic E-state index is 0.534. The van der Waals surface area contributed by atoms with Gasteiger partial charge in [-0.05, 0) is 35.9 Å². The van der Waals surface area contributed by atoms with Crippen LogP contribution in [0, 0.1) is 0 Å².